The SMILES string of the molecule is NCCCC[C@H](NC(=O)c1cnc[nH]1)C(=O)N1CCCCC1. The van der Waals surface area contributed by atoms with Crippen molar-refractivity contribution >= 4 is 11.8 Å². The van der Waals surface area contributed by atoms with Gasteiger partial charge in [-0.1, -0.05) is 0 Å². The number of aromatic nitrogens is 2. The van der Waals surface area contributed by atoms with Crippen molar-refractivity contribution in [3.8, 4) is 0 Å². The quantitative estimate of drug-likeness (QED) is 0.643. The van der Waals surface area contributed by atoms with Gasteiger partial charge >= 0.3 is 0 Å². The molecule has 2 heterocycles. The molecule has 1 aromatic rings. The third kappa shape index (κ3) is 4.56. The smallest absolute Gasteiger partial charge is 0.269 e. The Bertz CT molecular complexity index is 468. The molecule has 1 atom stereocenters. The number of hydrogen-bond acceptors (Lipinski definition) is 4. The van der Waals surface area contributed by atoms with Gasteiger partial charge in [0.1, 0.15) is 11.7 Å². The molecule has 1 aliphatic heterocycles. The van der Waals surface area contributed by atoms with Crippen molar-refractivity contribution in [1.29, 1.82) is 0 Å². The van der Waals surface area contributed by atoms with Gasteiger partial charge in [-0.05, 0) is 45.1 Å². The van der Waals surface area contributed by atoms with Crippen LogP contribution in [0.3, 0.4) is 0 Å². The van der Waals surface area contributed by atoms with Crippen LogP contribution in [0.2, 0.25) is 0 Å². The highest BCUT2D eigenvalue weighted by Crippen LogP contribution is 2.13. The van der Waals surface area contributed by atoms with Crippen molar-refractivity contribution in [3.05, 3.63) is 18.2 Å². The van der Waals surface area contributed by atoms with Crippen molar-refractivity contribution in [1.82, 2.24) is 20.2 Å². The Morgan fingerprint density at radius 2 is 2.09 bits per heavy atom. The van der Waals surface area contributed by atoms with Crippen LogP contribution in [-0.4, -0.2) is 52.4 Å². The maximum Gasteiger partial charge on any atom is 0.269 e. The van der Waals surface area contributed by atoms with Gasteiger partial charge in [0.15, 0.2) is 0 Å². The Labute approximate surface area is 130 Å². The van der Waals surface area contributed by atoms with Crippen LogP contribution in [0.15, 0.2) is 12.5 Å². The van der Waals surface area contributed by atoms with E-state index in [4.69, 9.17) is 5.73 Å². The van der Waals surface area contributed by atoms with Crippen LogP contribution >= 0.6 is 0 Å². The average Bonchev–Trinajstić information content (AvgIpc) is 3.09. The van der Waals surface area contributed by atoms with E-state index in [-0.39, 0.29) is 11.8 Å². The predicted octanol–water partition coefficient (Wildman–Crippen LogP) is 0.650. The highest BCUT2D eigenvalue weighted by molar-refractivity contribution is 5.95. The van der Waals surface area contributed by atoms with Gasteiger partial charge in [0.2, 0.25) is 5.91 Å². The summed E-state index contributed by atoms with van der Waals surface area (Å²) in [6, 6.07) is -0.486. The van der Waals surface area contributed by atoms with Gasteiger partial charge < -0.3 is 20.9 Å². The fraction of sp³-hybridized carbons (Fsp3) is 0.667. The first-order valence-corrected chi connectivity index (χ1v) is 8.00. The highest BCUT2D eigenvalue weighted by atomic mass is 16.2. The summed E-state index contributed by atoms with van der Waals surface area (Å²) in [5, 5.41) is 2.83. The van der Waals surface area contributed by atoms with Gasteiger partial charge in [0.25, 0.3) is 5.91 Å². The zero-order valence-electron chi connectivity index (χ0n) is 12.9. The lowest BCUT2D eigenvalue weighted by Crippen LogP contribution is -2.50. The summed E-state index contributed by atoms with van der Waals surface area (Å²) >= 11 is 0. The number of amides is 2. The van der Waals surface area contributed by atoms with Crippen molar-refractivity contribution in [3.63, 3.8) is 0 Å². The molecule has 1 saturated heterocycles. The number of likely N-dealkylation sites (tertiary alicyclic amines) is 1. The molecular formula is C15H25N5O2. The van der Waals surface area contributed by atoms with E-state index in [2.05, 4.69) is 15.3 Å². The first-order valence-electron chi connectivity index (χ1n) is 8.00. The first-order chi connectivity index (χ1) is 10.7. The van der Waals surface area contributed by atoms with E-state index < -0.39 is 6.04 Å². The summed E-state index contributed by atoms with van der Waals surface area (Å²) in [6.07, 6.45) is 8.44. The number of H-pyrrole nitrogens is 1. The molecule has 7 nitrogen and oxygen atoms in total. The first kappa shape index (κ1) is 16.5. The number of imidazole rings is 1. The molecule has 0 aromatic carbocycles. The van der Waals surface area contributed by atoms with Crippen LogP contribution in [0.5, 0.6) is 0 Å². The van der Waals surface area contributed by atoms with Crippen molar-refractivity contribution in [2.24, 2.45) is 5.73 Å². The number of carbonyl (C=O) groups excluding carboxylic acids is 2. The van der Waals surface area contributed by atoms with Gasteiger partial charge in [-0.25, -0.2) is 4.98 Å². The number of nitrogens with one attached hydrogen (secondary N) is 2. The third-order valence-corrected chi connectivity index (χ3v) is 3.96. The minimum atomic E-state index is -0.486. The molecule has 0 bridgehead atoms. The summed E-state index contributed by atoms with van der Waals surface area (Å²) in [7, 11) is 0. The lowest BCUT2D eigenvalue weighted by molar-refractivity contribution is -0.134. The Balaban J connectivity index is 1.97. The minimum absolute atomic E-state index is 0.0181. The number of nitrogens with two attached hydrogens (primary N) is 1. The third-order valence-electron chi connectivity index (χ3n) is 3.96. The molecule has 0 spiro atoms. The van der Waals surface area contributed by atoms with Gasteiger partial charge in [-0.15, -0.1) is 0 Å². The summed E-state index contributed by atoms with van der Waals surface area (Å²) in [4.78, 5) is 33.3. The van der Waals surface area contributed by atoms with Gasteiger partial charge in [0.05, 0.1) is 12.5 Å². The van der Waals surface area contributed by atoms with E-state index in [0.29, 0.717) is 18.7 Å². The topological polar surface area (TPSA) is 104 Å². The number of aromatic amines is 1. The highest BCUT2D eigenvalue weighted by Gasteiger charge is 2.27. The summed E-state index contributed by atoms with van der Waals surface area (Å²) in [6.45, 7) is 2.16. The Morgan fingerprint density at radius 1 is 1.32 bits per heavy atom. The summed E-state index contributed by atoms with van der Waals surface area (Å²) in [5.41, 5.74) is 5.89. The number of unbranched alkanes of at least 4 members (excludes halogenated alkanes) is 1. The standard InChI is InChI=1S/C15H25N5O2/c16-7-3-2-6-12(15(22)20-8-4-1-5-9-20)19-14(21)13-10-17-11-18-13/h10-12H,1-9,16H2,(H,17,18)(H,19,21)/t12-/m0/s1. The summed E-state index contributed by atoms with van der Waals surface area (Å²) < 4.78 is 0. The fourth-order valence-corrected chi connectivity index (χ4v) is 2.70. The number of nitrogens with zero attached hydrogens (tertiary/aromatic N) is 2. The van der Waals surface area contributed by atoms with Gasteiger partial charge in [-0.3, -0.25) is 9.59 Å². The van der Waals surface area contributed by atoms with E-state index >= 15 is 0 Å². The second-order valence-electron chi connectivity index (χ2n) is 5.66. The van der Waals surface area contributed by atoms with Crippen molar-refractivity contribution < 1.29 is 9.59 Å². The number of piperidine rings is 1. The zero-order chi connectivity index (χ0) is 15.8. The number of rotatable bonds is 7. The van der Waals surface area contributed by atoms with Crippen LogP contribution in [0.4, 0.5) is 0 Å². The molecular weight excluding hydrogens is 282 g/mol. The molecule has 0 aliphatic carbocycles. The molecule has 22 heavy (non-hydrogen) atoms. The molecule has 1 aromatic heterocycles. The van der Waals surface area contributed by atoms with E-state index in [0.717, 1.165) is 38.8 Å². The normalized spacial score (nSPS) is 16.3. The van der Waals surface area contributed by atoms with Crippen LogP contribution < -0.4 is 11.1 Å². The van der Waals surface area contributed by atoms with Crippen LogP contribution in [-0.2, 0) is 4.79 Å². The molecule has 0 radical (unpaired) electrons. The second kappa shape index (κ2) is 8.53. The molecule has 7 heteroatoms. The zero-order valence-corrected chi connectivity index (χ0v) is 12.9. The second-order valence-corrected chi connectivity index (χ2v) is 5.66. The number of carbonyl (C=O) groups is 2. The largest absolute Gasteiger partial charge is 0.341 e. The Morgan fingerprint density at radius 3 is 2.73 bits per heavy atom. The van der Waals surface area contributed by atoms with E-state index in [1.807, 2.05) is 4.90 Å². The monoisotopic (exact) mass is 307 g/mol. The molecule has 1 aliphatic rings. The van der Waals surface area contributed by atoms with Crippen molar-refractivity contribution in [2.45, 2.75) is 44.6 Å². The molecule has 0 unspecified atom stereocenters. The van der Waals surface area contributed by atoms with Gasteiger partial charge in [-0.2, -0.15) is 0 Å². The van der Waals surface area contributed by atoms with E-state index in [1.54, 1.807) is 0 Å². The molecule has 4 N–H and O–H groups in total. The Hall–Kier alpha value is -1.89. The minimum Gasteiger partial charge on any atom is -0.341 e. The van der Waals surface area contributed by atoms with Crippen LogP contribution in [0.25, 0.3) is 0 Å². The van der Waals surface area contributed by atoms with Crippen LogP contribution in [0.1, 0.15) is 49.0 Å². The molecule has 122 valence electrons. The lowest BCUT2D eigenvalue weighted by Gasteiger charge is -2.30. The Kier molecular flexibility index (Phi) is 6.39. The molecule has 2 amide bonds. The van der Waals surface area contributed by atoms with E-state index in [1.165, 1.54) is 18.9 Å². The molecule has 0 saturated carbocycles. The van der Waals surface area contributed by atoms with Gasteiger partial charge in [0, 0.05) is 13.1 Å². The van der Waals surface area contributed by atoms with Crippen LogP contribution in [0, 0.1) is 0 Å². The van der Waals surface area contributed by atoms with Crippen molar-refractivity contribution in [2.75, 3.05) is 19.6 Å². The summed E-state index contributed by atoms with van der Waals surface area (Å²) in [5.74, 6) is -0.273. The average molecular weight is 307 g/mol. The predicted molar refractivity (Wildman–Crippen MR) is 83.2 cm³/mol. The maximum atomic E-state index is 12.7. The maximum absolute atomic E-state index is 12.7. The van der Waals surface area contributed by atoms with E-state index in [9.17, 15) is 9.59 Å². The molecule has 1 fully saturated rings. The lowest BCUT2D eigenvalue weighted by atomic mass is 10.1. The fourth-order valence-electron chi connectivity index (χ4n) is 2.70. The molecule has 2 rings (SSSR count). The number of hydrogen-bond donors (Lipinski definition) is 3.